The van der Waals surface area contributed by atoms with E-state index >= 15 is 0 Å². The first-order valence-electron chi connectivity index (χ1n) is 6.56. The van der Waals surface area contributed by atoms with Crippen molar-refractivity contribution in [1.29, 1.82) is 0 Å². The van der Waals surface area contributed by atoms with Crippen LogP contribution in [0.25, 0.3) is 5.65 Å². The third kappa shape index (κ3) is 3.06. The van der Waals surface area contributed by atoms with Crippen molar-refractivity contribution < 1.29 is 0 Å². The van der Waals surface area contributed by atoms with Gasteiger partial charge in [-0.2, -0.15) is 0 Å². The SMILES string of the molecule is CCCCSc1nc2ccccn2c1CC(C)N. The van der Waals surface area contributed by atoms with Crippen molar-refractivity contribution >= 4 is 17.4 Å². The molecule has 0 fully saturated rings. The number of imidazole rings is 1. The molecule has 0 spiro atoms. The van der Waals surface area contributed by atoms with Crippen LogP contribution in [0.3, 0.4) is 0 Å². The number of nitrogens with two attached hydrogens (primary N) is 1. The van der Waals surface area contributed by atoms with Gasteiger partial charge in [0.1, 0.15) is 10.7 Å². The number of unbranched alkanes of at least 4 members (excludes halogenated alkanes) is 1. The number of thioether (sulfide) groups is 1. The van der Waals surface area contributed by atoms with Gasteiger partial charge in [-0.1, -0.05) is 19.4 Å². The van der Waals surface area contributed by atoms with Gasteiger partial charge >= 0.3 is 0 Å². The molecule has 0 aliphatic heterocycles. The third-order valence-corrected chi connectivity index (χ3v) is 3.94. The van der Waals surface area contributed by atoms with E-state index in [0.717, 1.165) is 22.8 Å². The second-order valence-corrected chi connectivity index (χ2v) is 5.76. The molecule has 0 aromatic carbocycles. The highest BCUT2D eigenvalue weighted by atomic mass is 32.2. The molecule has 2 rings (SSSR count). The van der Waals surface area contributed by atoms with E-state index in [1.807, 2.05) is 30.8 Å². The number of hydrogen-bond acceptors (Lipinski definition) is 3. The van der Waals surface area contributed by atoms with Crippen molar-refractivity contribution in [1.82, 2.24) is 9.38 Å². The quantitative estimate of drug-likeness (QED) is 0.643. The Labute approximate surface area is 113 Å². The monoisotopic (exact) mass is 263 g/mol. The zero-order valence-electron chi connectivity index (χ0n) is 11.1. The van der Waals surface area contributed by atoms with Crippen molar-refractivity contribution in [2.24, 2.45) is 5.73 Å². The van der Waals surface area contributed by atoms with Crippen molar-refractivity contribution in [2.45, 2.75) is 44.2 Å². The number of nitrogens with zero attached hydrogens (tertiary/aromatic N) is 2. The Hall–Kier alpha value is -1.00. The highest BCUT2D eigenvalue weighted by Crippen LogP contribution is 2.25. The summed E-state index contributed by atoms with van der Waals surface area (Å²) in [6.45, 7) is 4.26. The molecule has 0 amide bonds. The molecule has 0 saturated heterocycles. The Kier molecular flexibility index (Phi) is 4.66. The molecule has 0 aliphatic carbocycles. The maximum atomic E-state index is 5.95. The summed E-state index contributed by atoms with van der Waals surface area (Å²) in [4.78, 5) is 4.71. The lowest BCUT2D eigenvalue weighted by Gasteiger charge is -2.07. The van der Waals surface area contributed by atoms with Crippen molar-refractivity contribution in [3.63, 3.8) is 0 Å². The predicted octanol–water partition coefficient (Wildman–Crippen LogP) is 3.12. The topological polar surface area (TPSA) is 43.3 Å². The van der Waals surface area contributed by atoms with Crippen molar-refractivity contribution in [3.05, 3.63) is 30.1 Å². The molecule has 1 atom stereocenters. The lowest BCUT2D eigenvalue weighted by molar-refractivity contribution is 0.705. The minimum Gasteiger partial charge on any atom is -0.328 e. The number of hydrogen-bond donors (Lipinski definition) is 1. The molecule has 0 radical (unpaired) electrons. The lowest BCUT2D eigenvalue weighted by Crippen LogP contribution is -2.19. The second kappa shape index (κ2) is 6.25. The third-order valence-electron chi connectivity index (χ3n) is 2.84. The zero-order valence-corrected chi connectivity index (χ0v) is 11.9. The number of fused-ring (bicyclic) bond motifs is 1. The van der Waals surface area contributed by atoms with Gasteiger partial charge in [-0.15, -0.1) is 11.8 Å². The standard InChI is InChI=1S/C14H21N3S/c1-3-4-9-18-14-12(10-11(2)15)17-8-6-5-7-13(17)16-14/h5-8,11H,3-4,9-10,15H2,1-2H3. The first-order chi connectivity index (χ1) is 8.72. The molecule has 4 heteroatoms. The van der Waals surface area contributed by atoms with Crippen LogP contribution in [-0.4, -0.2) is 21.2 Å². The summed E-state index contributed by atoms with van der Waals surface area (Å²) >= 11 is 1.85. The first kappa shape index (κ1) is 13.4. The summed E-state index contributed by atoms with van der Waals surface area (Å²) in [5, 5.41) is 1.15. The van der Waals surface area contributed by atoms with Gasteiger partial charge in [0, 0.05) is 18.7 Å². The van der Waals surface area contributed by atoms with Gasteiger partial charge in [0.15, 0.2) is 0 Å². The number of pyridine rings is 1. The smallest absolute Gasteiger partial charge is 0.138 e. The number of aromatic nitrogens is 2. The maximum absolute atomic E-state index is 5.95. The van der Waals surface area contributed by atoms with Crippen LogP contribution in [0.5, 0.6) is 0 Å². The fraction of sp³-hybridized carbons (Fsp3) is 0.500. The van der Waals surface area contributed by atoms with Gasteiger partial charge in [-0.25, -0.2) is 4.98 Å². The average molecular weight is 263 g/mol. The van der Waals surface area contributed by atoms with Gasteiger partial charge in [0.25, 0.3) is 0 Å². The van der Waals surface area contributed by atoms with Crippen LogP contribution >= 0.6 is 11.8 Å². The van der Waals surface area contributed by atoms with Crippen LogP contribution in [0.4, 0.5) is 0 Å². The Morgan fingerprint density at radius 2 is 2.28 bits per heavy atom. The van der Waals surface area contributed by atoms with E-state index < -0.39 is 0 Å². The lowest BCUT2D eigenvalue weighted by atomic mass is 10.2. The van der Waals surface area contributed by atoms with Crippen LogP contribution < -0.4 is 5.73 Å². The summed E-state index contributed by atoms with van der Waals surface area (Å²) in [6, 6.07) is 6.28. The molecule has 1 unspecified atom stereocenters. The summed E-state index contributed by atoms with van der Waals surface area (Å²) in [5.41, 5.74) is 8.22. The van der Waals surface area contributed by atoms with Crippen LogP contribution in [-0.2, 0) is 6.42 Å². The largest absolute Gasteiger partial charge is 0.328 e. The fourth-order valence-corrected chi connectivity index (χ4v) is 3.08. The minimum absolute atomic E-state index is 0.163. The van der Waals surface area contributed by atoms with Crippen LogP contribution in [0, 0.1) is 0 Å². The first-order valence-corrected chi connectivity index (χ1v) is 7.55. The Bertz CT molecular complexity index is 505. The Morgan fingerprint density at radius 3 is 3.00 bits per heavy atom. The Morgan fingerprint density at radius 1 is 1.44 bits per heavy atom. The van der Waals surface area contributed by atoms with Gasteiger partial charge in [0.2, 0.25) is 0 Å². The Balaban J connectivity index is 2.30. The average Bonchev–Trinajstić information content (AvgIpc) is 2.68. The van der Waals surface area contributed by atoms with E-state index in [2.05, 4.69) is 23.6 Å². The normalized spacial score (nSPS) is 13.1. The number of rotatable bonds is 6. The summed E-state index contributed by atoms with van der Waals surface area (Å²) in [6.07, 6.45) is 5.41. The van der Waals surface area contributed by atoms with Crippen LogP contribution in [0.15, 0.2) is 29.4 Å². The molecular formula is C14H21N3S. The van der Waals surface area contributed by atoms with E-state index in [0.29, 0.717) is 0 Å². The molecule has 3 nitrogen and oxygen atoms in total. The molecule has 2 aromatic heterocycles. The van der Waals surface area contributed by atoms with Gasteiger partial charge in [0.05, 0.1) is 5.69 Å². The molecule has 0 saturated carbocycles. The molecule has 0 bridgehead atoms. The van der Waals surface area contributed by atoms with E-state index in [4.69, 9.17) is 10.7 Å². The van der Waals surface area contributed by atoms with Crippen LogP contribution in [0.2, 0.25) is 0 Å². The molecule has 2 aromatic rings. The maximum Gasteiger partial charge on any atom is 0.138 e. The second-order valence-electron chi connectivity index (χ2n) is 4.68. The fourth-order valence-electron chi connectivity index (χ4n) is 1.94. The molecule has 2 heterocycles. The molecule has 18 heavy (non-hydrogen) atoms. The summed E-state index contributed by atoms with van der Waals surface area (Å²) in [7, 11) is 0. The van der Waals surface area contributed by atoms with Gasteiger partial charge < -0.3 is 10.1 Å². The van der Waals surface area contributed by atoms with E-state index in [1.54, 1.807) is 0 Å². The predicted molar refractivity (Wildman–Crippen MR) is 78.2 cm³/mol. The van der Waals surface area contributed by atoms with Crippen molar-refractivity contribution in [2.75, 3.05) is 5.75 Å². The van der Waals surface area contributed by atoms with Gasteiger partial charge in [-0.05, 0) is 31.2 Å². The van der Waals surface area contributed by atoms with E-state index in [9.17, 15) is 0 Å². The van der Waals surface area contributed by atoms with E-state index in [-0.39, 0.29) is 6.04 Å². The summed E-state index contributed by atoms with van der Waals surface area (Å²) in [5.74, 6) is 1.13. The minimum atomic E-state index is 0.163. The highest BCUT2D eigenvalue weighted by molar-refractivity contribution is 7.99. The zero-order chi connectivity index (χ0) is 13.0. The van der Waals surface area contributed by atoms with E-state index in [1.165, 1.54) is 18.5 Å². The van der Waals surface area contributed by atoms with Gasteiger partial charge in [-0.3, -0.25) is 0 Å². The van der Waals surface area contributed by atoms with Crippen LogP contribution in [0.1, 0.15) is 32.4 Å². The van der Waals surface area contributed by atoms with Crippen molar-refractivity contribution in [3.8, 4) is 0 Å². The summed E-state index contributed by atoms with van der Waals surface area (Å²) < 4.78 is 2.16. The molecule has 0 aliphatic rings. The molecule has 2 N–H and O–H groups in total. The molecule has 98 valence electrons. The molecular weight excluding hydrogens is 242 g/mol. The highest BCUT2D eigenvalue weighted by Gasteiger charge is 2.13.